The minimum absolute atomic E-state index is 0.510. The summed E-state index contributed by atoms with van der Waals surface area (Å²) in [6.45, 7) is 5.40. The van der Waals surface area contributed by atoms with E-state index >= 15 is 0 Å². The zero-order chi connectivity index (χ0) is 18.4. The molecule has 0 aliphatic carbocycles. The van der Waals surface area contributed by atoms with Crippen LogP contribution in [0.5, 0.6) is 11.5 Å². The fraction of sp³-hybridized carbons (Fsp3) is 0.364. The van der Waals surface area contributed by atoms with Gasteiger partial charge in [0.25, 0.3) is 0 Å². The summed E-state index contributed by atoms with van der Waals surface area (Å²) in [6.07, 6.45) is 2.22. The lowest BCUT2D eigenvalue weighted by Crippen LogP contribution is -2.46. The predicted molar refractivity (Wildman–Crippen MR) is 106 cm³/mol. The summed E-state index contributed by atoms with van der Waals surface area (Å²) in [4.78, 5) is 0. The van der Waals surface area contributed by atoms with Crippen molar-refractivity contribution in [3.8, 4) is 11.5 Å². The van der Waals surface area contributed by atoms with Gasteiger partial charge in [0.05, 0.1) is 34.4 Å². The summed E-state index contributed by atoms with van der Waals surface area (Å²) in [7, 11) is 7.96. The quantitative estimate of drug-likeness (QED) is 0.536. The highest BCUT2D eigenvalue weighted by Crippen LogP contribution is 2.31. The molecule has 0 aromatic heterocycles. The number of para-hydroxylation sites is 2. The van der Waals surface area contributed by atoms with Gasteiger partial charge in [0.15, 0.2) is 0 Å². The molecule has 0 saturated carbocycles. The fourth-order valence-electron chi connectivity index (χ4n) is 2.71. The van der Waals surface area contributed by atoms with Gasteiger partial charge in [0.1, 0.15) is 18.0 Å². The number of likely N-dealkylation sites (N-methyl/N-ethyl adjacent to an activating group) is 1. The molecule has 0 amide bonds. The Labute approximate surface area is 152 Å². The van der Waals surface area contributed by atoms with Crippen LogP contribution in [-0.2, 0) is 0 Å². The van der Waals surface area contributed by atoms with Crippen LogP contribution in [0, 0.1) is 0 Å². The smallest absolute Gasteiger partial charge is 0.126 e. The van der Waals surface area contributed by atoms with E-state index in [2.05, 4.69) is 52.2 Å². The molecule has 25 heavy (non-hydrogen) atoms. The first kappa shape index (κ1) is 19.1. The van der Waals surface area contributed by atoms with Crippen molar-refractivity contribution in [3.63, 3.8) is 0 Å². The molecule has 2 rings (SSSR count). The summed E-state index contributed by atoms with van der Waals surface area (Å²) in [5, 5.41) is 0. The van der Waals surface area contributed by atoms with Crippen molar-refractivity contribution >= 4 is 11.6 Å². The Morgan fingerprint density at radius 3 is 2.08 bits per heavy atom. The summed E-state index contributed by atoms with van der Waals surface area (Å²) in [5.74, 6) is 1.78. The van der Waals surface area contributed by atoms with E-state index in [9.17, 15) is 0 Å². The highest BCUT2D eigenvalue weighted by Gasteiger charge is 2.24. The summed E-state index contributed by atoms with van der Waals surface area (Å²) < 4.78 is 12.0. The monoisotopic (exact) mass is 340 g/mol. The van der Waals surface area contributed by atoms with E-state index < -0.39 is 0 Å². The SMILES string of the molecule is COc1ccccc1/C=C(\C[N+](C)(C)C(C)C)c1ccccc1OC. The van der Waals surface area contributed by atoms with Crippen molar-refractivity contribution in [2.24, 2.45) is 0 Å². The van der Waals surface area contributed by atoms with E-state index in [1.165, 1.54) is 5.57 Å². The molecule has 0 spiro atoms. The number of hydrogen-bond donors (Lipinski definition) is 0. The fourth-order valence-corrected chi connectivity index (χ4v) is 2.71. The first-order valence-corrected chi connectivity index (χ1v) is 8.68. The Bertz CT molecular complexity index is 732. The molecular formula is C22H30NO2+. The normalized spacial score (nSPS) is 12.4. The van der Waals surface area contributed by atoms with Gasteiger partial charge in [-0.15, -0.1) is 0 Å². The van der Waals surface area contributed by atoms with Gasteiger partial charge >= 0.3 is 0 Å². The van der Waals surface area contributed by atoms with Crippen LogP contribution in [0.2, 0.25) is 0 Å². The van der Waals surface area contributed by atoms with E-state index in [-0.39, 0.29) is 0 Å². The predicted octanol–water partition coefficient (Wildman–Crippen LogP) is 4.73. The van der Waals surface area contributed by atoms with Crippen LogP contribution in [-0.4, -0.2) is 45.4 Å². The van der Waals surface area contributed by atoms with Crippen LogP contribution in [0.1, 0.15) is 25.0 Å². The molecule has 3 heteroatoms. The highest BCUT2D eigenvalue weighted by molar-refractivity contribution is 5.85. The molecule has 3 nitrogen and oxygen atoms in total. The second kappa shape index (κ2) is 8.21. The Morgan fingerprint density at radius 1 is 0.920 bits per heavy atom. The van der Waals surface area contributed by atoms with E-state index in [0.29, 0.717) is 6.04 Å². The van der Waals surface area contributed by atoms with Crippen LogP contribution in [0.25, 0.3) is 11.6 Å². The molecule has 0 N–H and O–H groups in total. The molecule has 134 valence electrons. The zero-order valence-electron chi connectivity index (χ0n) is 16.2. The molecule has 0 atom stereocenters. The summed E-state index contributed by atoms with van der Waals surface area (Å²) >= 11 is 0. The van der Waals surface area contributed by atoms with Gasteiger partial charge in [0, 0.05) is 16.7 Å². The number of quaternary nitrogens is 1. The average molecular weight is 340 g/mol. The van der Waals surface area contributed by atoms with Crippen molar-refractivity contribution in [2.45, 2.75) is 19.9 Å². The van der Waals surface area contributed by atoms with Crippen molar-refractivity contribution in [2.75, 3.05) is 34.9 Å². The van der Waals surface area contributed by atoms with Crippen molar-refractivity contribution < 1.29 is 14.0 Å². The third kappa shape index (κ3) is 4.64. The van der Waals surface area contributed by atoms with Crippen LogP contribution >= 0.6 is 0 Å². The molecule has 2 aromatic rings. The standard InChI is InChI=1S/C22H30NO2/c1-17(2)23(3,4)16-19(20-12-8-10-14-22(20)25-6)15-18-11-7-9-13-21(18)24-5/h7-15,17H,16H2,1-6H3/q+1/b19-15+. The number of rotatable bonds is 7. The second-order valence-electron chi connectivity index (χ2n) is 7.14. The lowest BCUT2D eigenvalue weighted by atomic mass is 9.99. The maximum Gasteiger partial charge on any atom is 0.126 e. The van der Waals surface area contributed by atoms with E-state index in [4.69, 9.17) is 9.47 Å². The van der Waals surface area contributed by atoms with Crippen LogP contribution in [0.3, 0.4) is 0 Å². The van der Waals surface area contributed by atoms with Gasteiger partial charge in [-0.1, -0.05) is 36.4 Å². The van der Waals surface area contributed by atoms with Gasteiger partial charge in [-0.3, -0.25) is 0 Å². The lowest BCUT2D eigenvalue weighted by molar-refractivity contribution is -0.903. The molecule has 2 aromatic carbocycles. The molecule has 0 aliphatic heterocycles. The topological polar surface area (TPSA) is 18.5 Å². The maximum atomic E-state index is 5.62. The van der Waals surface area contributed by atoms with E-state index in [1.807, 2.05) is 30.3 Å². The zero-order valence-corrected chi connectivity index (χ0v) is 16.2. The van der Waals surface area contributed by atoms with E-state index in [0.717, 1.165) is 33.7 Å². The van der Waals surface area contributed by atoms with Crippen molar-refractivity contribution in [1.29, 1.82) is 0 Å². The number of benzene rings is 2. The average Bonchev–Trinajstić information content (AvgIpc) is 2.61. The molecular weight excluding hydrogens is 310 g/mol. The molecule has 0 bridgehead atoms. The molecule has 0 saturated heterocycles. The minimum Gasteiger partial charge on any atom is -0.496 e. The molecule has 0 heterocycles. The third-order valence-corrected chi connectivity index (χ3v) is 4.90. The second-order valence-corrected chi connectivity index (χ2v) is 7.14. The first-order valence-electron chi connectivity index (χ1n) is 8.68. The van der Waals surface area contributed by atoms with Crippen LogP contribution in [0.15, 0.2) is 48.5 Å². The lowest BCUT2D eigenvalue weighted by Gasteiger charge is -2.35. The number of ether oxygens (including phenoxy) is 2. The minimum atomic E-state index is 0.510. The van der Waals surface area contributed by atoms with Crippen molar-refractivity contribution in [1.82, 2.24) is 0 Å². The van der Waals surface area contributed by atoms with Crippen LogP contribution in [0.4, 0.5) is 0 Å². The summed E-state index contributed by atoms with van der Waals surface area (Å²) in [6, 6.07) is 16.8. The Balaban J connectivity index is 2.58. The number of hydrogen-bond acceptors (Lipinski definition) is 2. The Kier molecular flexibility index (Phi) is 6.27. The molecule has 0 aliphatic rings. The largest absolute Gasteiger partial charge is 0.496 e. The Hall–Kier alpha value is -2.26. The number of methoxy groups -OCH3 is 2. The van der Waals surface area contributed by atoms with Gasteiger partial charge in [0.2, 0.25) is 0 Å². The Morgan fingerprint density at radius 2 is 1.48 bits per heavy atom. The van der Waals surface area contributed by atoms with Gasteiger partial charge in [-0.2, -0.15) is 0 Å². The molecule has 0 unspecified atom stereocenters. The van der Waals surface area contributed by atoms with E-state index in [1.54, 1.807) is 14.2 Å². The van der Waals surface area contributed by atoms with Crippen LogP contribution < -0.4 is 9.47 Å². The summed E-state index contributed by atoms with van der Waals surface area (Å²) in [5.41, 5.74) is 3.44. The first-order chi connectivity index (χ1) is 11.9. The highest BCUT2D eigenvalue weighted by atomic mass is 16.5. The maximum absolute atomic E-state index is 5.62. The van der Waals surface area contributed by atoms with Gasteiger partial charge in [-0.25, -0.2) is 0 Å². The van der Waals surface area contributed by atoms with Gasteiger partial charge in [-0.05, 0) is 32.1 Å². The number of nitrogens with zero attached hydrogens (tertiary/aromatic N) is 1. The molecule has 0 fully saturated rings. The third-order valence-electron chi connectivity index (χ3n) is 4.90. The van der Waals surface area contributed by atoms with Gasteiger partial charge < -0.3 is 14.0 Å². The van der Waals surface area contributed by atoms with Crippen molar-refractivity contribution in [3.05, 3.63) is 59.7 Å². The molecule has 0 radical (unpaired) electrons.